The maximum absolute atomic E-state index is 12.0. The fraction of sp³-hybridized carbons (Fsp3) is 0.0714. The Kier molecular flexibility index (Phi) is 3.77. The molecule has 3 aromatic rings. The molecule has 0 saturated carbocycles. The molecule has 0 fully saturated rings. The lowest BCUT2D eigenvalue weighted by Crippen LogP contribution is -2.23. The van der Waals surface area contributed by atoms with Crippen LogP contribution in [0.1, 0.15) is 16.2 Å². The molecule has 0 spiro atoms. The number of nitrogens with one attached hydrogen (secondary N) is 2. The van der Waals surface area contributed by atoms with Gasteiger partial charge in [0.05, 0.1) is 28.2 Å². The summed E-state index contributed by atoms with van der Waals surface area (Å²) in [6, 6.07) is 9.14. The normalized spacial score (nSPS) is 10.8. The summed E-state index contributed by atoms with van der Waals surface area (Å²) >= 11 is 11.5. The molecule has 0 atom stereocenters. The Hall–Kier alpha value is -2.11. The number of carbonyl (C=O) groups is 1. The van der Waals surface area contributed by atoms with Crippen molar-refractivity contribution < 1.29 is 4.79 Å². The van der Waals surface area contributed by atoms with Crippen LogP contribution in [0.3, 0.4) is 0 Å². The Balaban J connectivity index is 1.71. The summed E-state index contributed by atoms with van der Waals surface area (Å²) < 4.78 is 0. The molecular weight excluding hydrogens is 311 g/mol. The highest BCUT2D eigenvalue weighted by Crippen LogP contribution is 2.19. The van der Waals surface area contributed by atoms with E-state index in [-0.39, 0.29) is 22.6 Å². The zero-order valence-electron chi connectivity index (χ0n) is 10.7. The van der Waals surface area contributed by atoms with Gasteiger partial charge in [0.15, 0.2) is 0 Å². The fourth-order valence-corrected chi connectivity index (χ4v) is 2.17. The molecule has 1 aromatic carbocycles. The van der Waals surface area contributed by atoms with Crippen molar-refractivity contribution in [3.8, 4) is 0 Å². The lowest BCUT2D eigenvalue weighted by Gasteiger charge is -2.03. The minimum atomic E-state index is -0.290. The predicted molar refractivity (Wildman–Crippen MR) is 81.5 cm³/mol. The molecule has 0 unspecified atom stereocenters. The summed E-state index contributed by atoms with van der Waals surface area (Å²) in [6.45, 7) is 0.285. The molecule has 0 radical (unpaired) electrons. The number of imidazole rings is 1. The molecule has 7 heteroatoms. The van der Waals surface area contributed by atoms with Gasteiger partial charge < -0.3 is 10.3 Å². The number of para-hydroxylation sites is 2. The standard InChI is InChI=1S/C14H10Cl2N4O/c15-9-5-8(6-17-13(9)16)14(21)18-7-12-19-10-3-1-2-4-11(10)20-12/h1-6H,7H2,(H,18,21)(H,19,20). The van der Waals surface area contributed by atoms with Crippen molar-refractivity contribution in [1.29, 1.82) is 0 Å². The predicted octanol–water partition coefficient (Wildman–Crippen LogP) is 3.19. The summed E-state index contributed by atoms with van der Waals surface area (Å²) in [5.74, 6) is 0.388. The largest absolute Gasteiger partial charge is 0.345 e. The maximum atomic E-state index is 12.0. The summed E-state index contributed by atoms with van der Waals surface area (Å²) in [5, 5.41) is 3.16. The molecule has 3 rings (SSSR count). The van der Waals surface area contributed by atoms with Crippen LogP contribution in [-0.4, -0.2) is 20.9 Å². The average Bonchev–Trinajstić information content (AvgIpc) is 2.90. The number of amides is 1. The first kappa shape index (κ1) is 13.9. The first-order valence-corrected chi connectivity index (χ1v) is 6.92. The van der Waals surface area contributed by atoms with Gasteiger partial charge in [-0.25, -0.2) is 9.97 Å². The van der Waals surface area contributed by atoms with Crippen molar-refractivity contribution in [1.82, 2.24) is 20.3 Å². The zero-order valence-corrected chi connectivity index (χ0v) is 12.2. The number of pyridine rings is 1. The van der Waals surface area contributed by atoms with Crippen molar-refractivity contribution in [2.45, 2.75) is 6.54 Å². The van der Waals surface area contributed by atoms with E-state index in [1.54, 1.807) is 0 Å². The lowest BCUT2D eigenvalue weighted by atomic mass is 10.2. The Labute approximate surface area is 130 Å². The monoisotopic (exact) mass is 320 g/mol. The summed E-state index contributed by atoms with van der Waals surface area (Å²) in [7, 11) is 0. The molecule has 1 amide bonds. The van der Waals surface area contributed by atoms with Gasteiger partial charge in [0.1, 0.15) is 11.0 Å². The summed E-state index contributed by atoms with van der Waals surface area (Å²) in [5.41, 5.74) is 2.14. The van der Waals surface area contributed by atoms with Gasteiger partial charge in [-0.05, 0) is 18.2 Å². The number of halogens is 2. The highest BCUT2D eigenvalue weighted by Gasteiger charge is 2.10. The van der Waals surface area contributed by atoms with Crippen molar-refractivity contribution in [2.24, 2.45) is 0 Å². The van der Waals surface area contributed by atoms with Gasteiger partial charge in [0.2, 0.25) is 0 Å². The number of hydrogen-bond donors (Lipinski definition) is 2. The molecule has 0 saturated heterocycles. The van der Waals surface area contributed by atoms with Crippen LogP contribution < -0.4 is 5.32 Å². The van der Waals surface area contributed by atoms with E-state index in [1.165, 1.54) is 12.3 Å². The third-order valence-corrected chi connectivity index (χ3v) is 3.60. The van der Waals surface area contributed by atoms with Crippen molar-refractivity contribution >= 4 is 40.1 Å². The molecule has 21 heavy (non-hydrogen) atoms. The Morgan fingerprint density at radius 2 is 2.10 bits per heavy atom. The first-order valence-electron chi connectivity index (χ1n) is 6.16. The van der Waals surface area contributed by atoms with Crippen molar-refractivity contribution in [3.63, 3.8) is 0 Å². The number of hydrogen-bond acceptors (Lipinski definition) is 3. The molecule has 0 aliphatic heterocycles. The van der Waals surface area contributed by atoms with Gasteiger partial charge in [0, 0.05) is 6.20 Å². The van der Waals surface area contributed by atoms with E-state index < -0.39 is 0 Å². The van der Waals surface area contributed by atoms with E-state index in [2.05, 4.69) is 20.3 Å². The molecule has 106 valence electrons. The number of aromatic nitrogens is 3. The van der Waals surface area contributed by atoms with E-state index in [9.17, 15) is 4.79 Å². The van der Waals surface area contributed by atoms with E-state index >= 15 is 0 Å². The Morgan fingerprint density at radius 1 is 1.29 bits per heavy atom. The first-order chi connectivity index (χ1) is 10.1. The lowest BCUT2D eigenvalue weighted by molar-refractivity contribution is 0.0949. The number of aromatic amines is 1. The number of H-pyrrole nitrogens is 1. The molecule has 0 aliphatic carbocycles. The van der Waals surface area contributed by atoms with E-state index in [4.69, 9.17) is 23.2 Å². The molecule has 2 heterocycles. The SMILES string of the molecule is O=C(NCc1nc2ccccc2[nH]1)c1cnc(Cl)c(Cl)c1. The number of rotatable bonds is 3. The number of carbonyl (C=O) groups excluding carboxylic acids is 1. The molecule has 0 aliphatic rings. The van der Waals surface area contributed by atoms with Crippen LogP contribution in [0.5, 0.6) is 0 Å². The van der Waals surface area contributed by atoms with Crippen molar-refractivity contribution in [2.75, 3.05) is 0 Å². The van der Waals surface area contributed by atoms with Crippen LogP contribution in [0.2, 0.25) is 10.2 Å². The minimum absolute atomic E-state index is 0.172. The maximum Gasteiger partial charge on any atom is 0.253 e. The zero-order chi connectivity index (χ0) is 14.8. The van der Waals surface area contributed by atoms with Gasteiger partial charge in [-0.1, -0.05) is 35.3 Å². The van der Waals surface area contributed by atoms with Gasteiger partial charge in [-0.3, -0.25) is 4.79 Å². The van der Waals surface area contributed by atoms with Crippen LogP contribution in [0.25, 0.3) is 11.0 Å². The second kappa shape index (κ2) is 5.71. The van der Waals surface area contributed by atoms with Crippen LogP contribution in [0, 0.1) is 0 Å². The number of fused-ring (bicyclic) bond motifs is 1. The Morgan fingerprint density at radius 3 is 2.86 bits per heavy atom. The molecule has 5 nitrogen and oxygen atoms in total. The van der Waals surface area contributed by atoms with Gasteiger partial charge >= 0.3 is 0 Å². The molecule has 2 N–H and O–H groups in total. The van der Waals surface area contributed by atoms with Crippen molar-refractivity contribution in [3.05, 3.63) is 58.1 Å². The summed E-state index contributed by atoms with van der Waals surface area (Å²) in [4.78, 5) is 23.4. The van der Waals surface area contributed by atoms with Crippen LogP contribution >= 0.6 is 23.2 Å². The Bertz CT molecular complexity index is 783. The highest BCUT2D eigenvalue weighted by atomic mass is 35.5. The van der Waals surface area contributed by atoms with Crippen LogP contribution in [0.15, 0.2) is 36.5 Å². The van der Waals surface area contributed by atoms with E-state index in [0.717, 1.165) is 11.0 Å². The smallest absolute Gasteiger partial charge is 0.253 e. The number of benzene rings is 1. The van der Waals surface area contributed by atoms with Crippen LogP contribution in [0.4, 0.5) is 0 Å². The van der Waals surface area contributed by atoms with E-state index in [0.29, 0.717) is 11.4 Å². The fourth-order valence-electron chi connectivity index (χ4n) is 1.90. The molecule has 0 bridgehead atoms. The third-order valence-electron chi connectivity index (χ3n) is 2.91. The molecule has 2 aromatic heterocycles. The number of nitrogens with zero attached hydrogens (tertiary/aromatic N) is 2. The second-order valence-corrected chi connectivity index (χ2v) is 5.15. The second-order valence-electron chi connectivity index (χ2n) is 4.38. The van der Waals surface area contributed by atoms with Gasteiger partial charge in [0.25, 0.3) is 5.91 Å². The van der Waals surface area contributed by atoms with E-state index in [1.807, 2.05) is 24.3 Å². The third kappa shape index (κ3) is 2.99. The van der Waals surface area contributed by atoms with Crippen LogP contribution in [-0.2, 0) is 6.54 Å². The average molecular weight is 321 g/mol. The quantitative estimate of drug-likeness (QED) is 0.728. The van der Waals surface area contributed by atoms with Gasteiger partial charge in [-0.15, -0.1) is 0 Å². The molecular formula is C14H10Cl2N4O. The highest BCUT2D eigenvalue weighted by molar-refractivity contribution is 6.41. The topological polar surface area (TPSA) is 70.7 Å². The van der Waals surface area contributed by atoms with Gasteiger partial charge in [-0.2, -0.15) is 0 Å². The minimum Gasteiger partial charge on any atom is -0.345 e. The summed E-state index contributed by atoms with van der Waals surface area (Å²) in [6.07, 6.45) is 1.38.